The van der Waals surface area contributed by atoms with Crippen molar-refractivity contribution in [3.05, 3.63) is 12.2 Å². The van der Waals surface area contributed by atoms with Gasteiger partial charge in [0.2, 0.25) is 0 Å². The summed E-state index contributed by atoms with van der Waals surface area (Å²) in [6, 6.07) is 0.00926. The van der Waals surface area contributed by atoms with Gasteiger partial charge in [-0.2, -0.15) is 6.92 Å². The molecular weight excluding hydrogens is 386 g/mol. The van der Waals surface area contributed by atoms with Crippen molar-refractivity contribution in [1.82, 2.24) is 0 Å². The molecule has 0 aliphatic rings. The fraction of sp³-hybridized carbons (Fsp3) is 0.750. The fourth-order valence-electron chi connectivity index (χ4n) is 0. The van der Waals surface area contributed by atoms with Crippen LogP contribution in [0, 0.1) is 6.42 Å². The molecule has 46 valence electrons. The minimum atomic E-state index is 0. The van der Waals surface area contributed by atoms with E-state index in [9.17, 15) is 0 Å². The average Bonchev–Trinajstić information content (AvgIpc) is 1.38. The molecule has 4 heteroatoms. The molecular formula is C4H9NVWY-2. The zero-order valence-electron chi connectivity index (χ0n) is 5.09. The van der Waals surface area contributed by atoms with E-state index in [1.54, 1.807) is 0 Å². The molecule has 0 spiro atoms. The van der Waals surface area contributed by atoms with E-state index in [0.29, 0.717) is 0 Å². The van der Waals surface area contributed by atoms with Crippen LogP contribution < -0.4 is 0 Å². The maximum absolute atomic E-state index is 6.77. The molecule has 0 aliphatic carbocycles. The van der Waals surface area contributed by atoms with Crippen molar-refractivity contribution in [2.24, 2.45) is 0 Å². The molecule has 2 radical (unpaired) electrons. The SMILES string of the molecule is C[CH-]C(C)[NH-].[V].[W].[Y]. The molecule has 0 aromatic carbocycles. The second kappa shape index (κ2) is 16.2. The predicted octanol–water partition coefficient (Wildman–Crippen LogP) is 1.64. The Morgan fingerprint density at radius 3 is 1.62 bits per heavy atom. The van der Waals surface area contributed by atoms with Crippen LogP contribution in [0.5, 0.6) is 0 Å². The Labute approximate surface area is 103 Å². The number of hydrogen-bond acceptors (Lipinski definition) is 0. The molecule has 1 unspecified atom stereocenters. The first-order chi connectivity index (χ1) is 2.27. The van der Waals surface area contributed by atoms with Crippen LogP contribution in [0.25, 0.3) is 5.73 Å². The van der Waals surface area contributed by atoms with Crippen molar-refractivity contribution in [1.29, 1.82) is 0 Å². The zero-order chi connectivity index (χ0) is 4.28. The van der Waals surface area contributed by atoms with Crippen molar-refractivity contribution in [3.8, 4) is 0 Å². The quantitative estimate of drug-likeness (QED) is 0.604. The Balaban J connectivity index is -0.0000000267. The van der Waals surface area contributed by atoms with E-state index in [1.807, 2.05) is 20.3 Å². The van der Waals surface area contributed by atoms with E-state index in [-0.39, 0.29) is 78.4 Å². The van der Waals surface area contributed by atoms with E-state index < -0.39 is 0 Å². The first-order valence-electron chi connectivity index (χ1n) is 1.78. The molecule has 0 aliphatic heterocycles. The van der Waals surface area contributed by atoms with Gasteiger partial charge in [-0.15, -0.1) is 6.92 Å². The van der Waals surface area contributed by atoms with Gasteiger partial charge < -0.3 is 12.2 Å². The van der Waals surface area contributed by atoms with Gasteiger partial charge in [0, 0.05) is 72.3 Å². The van der Waals surface area contributed by atoms with E-state index in [4.69, 9.17) is 5.73 Å². The zero-order valence-corrected chi connectivity index (χ0v) is 12.3. The molecule has 0 saturated heterocycles. The van der Waals surface area contributed by atoms with Gasteiger partial charge in [-0.05, 0) is 0 Å². The normalized spacial score (nSPS) is 9.38. The molecule has 0 bridgehead atoms. The number of nitrogens with one attached hydrogen (secondary N) is 1. The maximum Gasteiger partial charge on any atom is 0 e. The van der Waals surface area contributed by atoms with Crippen LogP contribution in [0.4, 0.5) is 0 Å². The molecule has 0 amide bonds. The van der Waals surface area contributed by atoms with Crippen LogP contribution in [-0.2, 0) is 72.3 Å². The smallest absolute Gasteiger partial charge is 0 e. The van der Waals surface area contributed by atoms with Gasteiger partial charge in [-0.3, -0.25) is 6.04 Å². The topological polar surface area (TPSA) is 23.8 Å². The summed E-state index contributed by atoms with van der Waals surface area (Å²) in [7, 11) is 0. The molecule has 0 aromatic heterocycles. The Bertz CT molecular complexity index is 30.0. The second-order valence-electron chi connectivity index (χ2n) is 1.12. The van der Waals surface area contributed by atoms with Crippen LogP contribution in [0.3, 0.4) is 0 Å². The monoisotopic (exact) mass is 395 g/mol. The third-order valence-electron chi connectivity index (χ3n) is 0.500. The minimum Gasteiger partial charge on any atom is -0.701 e. The van der Waals surface area contributed by atoms with Crippen LogP contribution >= 0.6 is 0 Å². The first kappa shape index (κ1) is 22.4. The standard InChI is InChI=1S/C4H9N.V.W.Y/c1-3-4(2)5;;;/h3-5H,1-2H3;;;/q-2;;;. The molecule has 0 rings (SSSR count). The number of hydrogen-bond donors (Lipinski definition) is 0. The Hall–Kier alpha value is 2.34. The minimum absolute atomic E-state index is 0. The van der Waals surface area contributed by atoms with Gasteiger partial charge in [0.25, 0.3) is 0 Å². The van der Waals surface area contributed by atoms with Gasteiger partial charge in [0.1, 0.15) is 0 Å². The summed E-state index contributed by atoms with van der Waals surface area (Å²) < 4.78 is 0. The van der Waals surface area contributed by atoms with Crippen molar-refractivity contribution in [2.75, 3.05) is 0 Å². The first-order valence-corrected chi connectivity index (χ1v) is 1.78. The van der Waals surface area contributed by atoms with Crippen LogP contribution in [0.2, 0.25) is 0 Å². The Morgan fingerprint density at radius 2 is 1.62 bits per heavy atom. The van der Waals surface area contributed by atoms with E-state index in [0.717, 1.165) is 0 Å². The van der Waals surface area contributed by atoms with Crippen LogP contribution in [0.1, 0.15) is 13.8 Å². The molecule has 8 heavy (non-hydrogen) atoms. The summed E-state index contributed by atoms with van der Waals surface area (Å²) in [4.78, 5) is 0. The summed E-state index contributed by atoms with van der Waals surface area (Å²) in [5, 5.41) is 0. The van der Waals surface area contributed by atoms with Gasteiger partial charge in [0.15, 0.2) is 0 Å². The molecule has 1 atom stereocenters. The maximum atomic E-state index is 6.77. The number of rotatable bonds is 1. The fourth-order valence-corrected chi connectivity index (χ4v) is 0. The third-order valence-corrected chi connectivity index (χ3v) is 0.500. The second-order valence-corrected chi connectivity index (χ2v) is 1.12. The van der Waals surface area contributed by atoms with Crippen molar-refractivity contribution in [3.63, 3.8) is 0 Å². The summed E-state index contributed by atoms with van der Waals surface area (Å²) in [5.74, 6) is 0. The van der Waals surface area contributed by atoms with Crippen molar-refractivity contribution in [2.45, 2.75) is 19.9 Å². The van der Waals surface area contributed by atoms with Crippen LogP contribution in [0.15, 0.2) is 0 Å². The largest absolute Gasteiger partial charge is 0.701 e. The molecule has 0 heterocycles. The van der Waals surface area contributed by atoms with Gasteiger partial charge >= 0.3 is 0 Å². The third kappa shape index (κ3) is 23.9. The Morgan fingerprint density at radius 1 is 1.50 bits per heavy atom. The van der Waals surface area contributed by atoms with Gasteiger partial charge in [0.05, 0.1) is 0 Å². The average molecular weight is 395 g/mol. The van der Waals surface area contributed by atoms with E-state index >= 15 is 0 Å². The molecule has 1 N–H and O–H groups in total. The summed E-state index contributed by atoms with van der Waals surface area (Å²) in [5.41, 5.74) is 6.77. The molecule has 0 aromatic rings. The molecule has 0 fully saturated rings. The Kier molecular flexibility index (Phi) is 45.3. The summed E-state index contributed by atoms with van der Waals surface area (Å²) in [6.45, 7) is 3.72. The molecule has 1 nitrogen and oxygen atoms in total. The van der Waals surface area contributed by atoms with Gasteiger partial charge in [-0.1, -0.05) is 0 Å². The summed E-state index contributed by atoms with van der Waals surface area (Å²) in [6.07, 6.45) is 1.83. The van der Waals surface area contributed by atoms with E-state index in [1.165, 1.54) is 0 Å². The van der Waals surface area contributed by atoms with E-state index in [2.05, 4.69) is 0 Å². The predicted molar refractivity (Wildman–Crippen MR) is 23.8 cm³/mol. The van der Waals surface area contributed by atoms with Crippen molar-refractivity contribution >= 4 is 0 Å². The van der Waals surface area contributed by atoms with Crippen LogP contribution in [-0.4, -0.2) is 6.04 Å². The van der Waals surface area contributed by atoms with Crippen molar-refractivity contribution < 1.29 is 72.3 Å². The summed E-state index contributed by atoms with van der Waals surface area (Å²) >= 11 is 0. The molecule has 0 saturated carbocycles. The van der Waals surface area contributed by atoms with Gasteiger partial charge in [-0.25, -0.2) is 0 Å².